The van der Waals surface area contributed by atoms with Crippen LogP contribution in [0.3, 0.4) is 0 Å². The number of aromatic nitrogens is 2. The molecule has 0 unspecified atom stereocenters. The summed E-state index contributed by atoms with van der Waals surface area (Å²) in [5, 5.41) is 26.3. The minimum absolute atomic E-state index is 0.293. The number of carbonyl (C=O) groups is 1. The summed E-state index contributed by atoms with van der Waals surface area (Å²) < 4.78 is 0. The lowest BCUT2D eigenvalue weighted by Crippen LogP contribution is -2.40. The topological polar surface area (TPSA) is 98.2 Å². The Morgan fingerprint density at radius 2 is 2.29 bits per heavy atom. The second kappa shape index (κ2) is 4.73. The average molecular weight is 199 g/mol. The predicted octanol–water partition coefficient (Wildman–Crippen LogP) is -1.20. The fourth-order valence-corrected chi connectivity index (χ4v) is 0.992. The summed E-state index contributed by atoms with van der Waals surface area (Å²) in [7, 11) is 0. The molecule has 1 heterocycles. The van der Waals surface area contributed by atoms with Gasteiger partial charge >= 0.3 is 0 Å². The zero-order valence-corrected chi connectivity index (χ0v) is 7.82. The third-order valence-electron chi connectivity index (χ3n) is 1.85. The van der Waals surface area contributed by atoms with Crippen LogP contribution < -0.4 is 5.32 Å². The second-order valence-corrected chi connectivity index (χ2v) is 2.94. The zero-order chi connectivity index (χ0) is 10.6. The Bertz CT molecular complexity index is 307. The molecule has 0 spiro atoms. The van der Waals surface area contributed by atoms with E-state index in [0.717, 1.165) is 0 Å². The summed E-state index contributed by atoms with van der Waals surface area (Å²) in [5.41, 5.74) is 1.06. The highest BCUT2D eigenvalue weighted by Crippen LogP contribution is 2.02. The van der Waals surface area contributed by atoms with E-state index < -0.39 is 6.04 Å². The maximum atomic E-state index is 11.5. The summed E-state index contributed by atoms with van der Waals surface area (Å²) in [6, 6.07) is -0.628. The van der Waals surface area contributed by atoms with E-state index in [1.165, 1.54) is 6.20 Å². The number of rotatable bonds is 4. The molecule has 0 radical (unpaired) electrons. The lowest BCUT2D eigenvalue weighted by atomic mass is 10.2. The average Bonchev–Trinajstić information content (AvgIpc) is 2.60. The molecule has 1 aromatic rings. The molecular formula is C8H13N3O3. The van der Waals surface area contributed by atoms with Crippen molar-refractivity contribution < 1.29 is 15.0 Å². The number of aryl methyl sites for hydroxylation is 1. The van der Waals surface area contributed by atoms with Gasteiger partial charge in [-0.3, -0.25) is 9.89 Å². The number of H-pyrrole nitrogens is 1. The third-order valence-corrected chi connectivity index (χ3v) is 1.85. The van der Waals surface area contributed by atoms with Crippen LogP contribution in [0.5, 0.6) is 0 Å². The number of aliphatic hydroxyl groups is 2. The van der Waals surface area contributed by atoms with Gasteiger partial charge in [-0.2, -0.15) is 5.10 Å². The maximum absolute atomic E-state index is 11.5. The van der Waals surface area contributed by atoms with Gasteiger partial charge in [-0.1, -0.05) is 0 Å². The Morgan fingerprint density at radius 1 is 1.64 bits per heavy atom. The van der Waals surface area contributed by atoms with Crippen molar-refractivity contribution in [3.8, 4) is 0 Å². The second-order valence-electron chi connectivity index (χ2n) is 2.94. The molecule has 4 N–H and O–H groups in total. The van der Waals surface area contributed by atoms with Crippen molar-refractivity contribution in [1.29, 1.82) is 0 Å². The molecule has 1 rings (SSSR count). The van der Waals surface area contributed by atoms with Crippen molar-refractivity contribution in [2.45, 2.75) is 13.0 Å². The molecule has 0 saturated carbocycles. The summed E-state index contributed by atoms with van der Waals surface area (Å²) in [6.07, 6.45) is 1.40. The molecule has 6 heteroatoms. The Kier molecular flexibility index (Phi) is 3.61. The third kappa shape index (κ3) is 2.30. The molecule has 0 aliphatic heterocycles. The summed E-state index contributed by atoms with van der Waals surface area (Å²) in [4.78, 5) is 11.5. The molecule has 14 heavy (non-hydrogen) atoms. The van der Waals surface area contributed by atoms with Crippen molar-refractivity contribution in [2.75, 3.05) is 13.2 Å². The number of hydrogen-bond donors (Lipinski definition) is 4. The Morgan fingerprint density at radius 3 is 2.71 bits per heavy atom. The molecule has 0 aromatic carbocycles. The van der Waals surface area contributed by atoms with Gasteiger partial charge in [0.1, 0.15) is 0 Å². The van der Waals surface area contributed by atoms with E-state index in [1.807, 2.05) is 0 Å². The van der Waals surface area contributed by atoms with Crippen molar-refractivity contribution in [3.63, 3.8) is 0 Å². The van der Waals surface area contributed by atoms with Gasteiger partial charge in [0.05, 0.1) is 31.0 Å². The first-order valence-electron chi connectivity index (χ1n) is 4.21. The van der Waals surface area contributed by atoms with Gasteiger partial charge in [0.15, 0.2) is 0 Å². The van der Waals surface area contributed by atoms with Crippen LogP contribution in [-0.2, 0) is 0 Å². The van der Waals surface area contributed by atoms with Gasteiger partial charge in [-0.25, -0.2) is 0 Å². The van der Waals surface area contributed by atoms with Gasteiger partial charge < -0.3 is 15.5 Å². The van der Waals surface area contributed by atoms with Crippen molar-refractivity contribution in [1.82, 2.24) is 15.5 Å². The van der Waals surface area contributed by atoms with E-state index in [9.17, 15) is 4.79 Å². The molecule has 1 aromatic heterocycles. The Balaban J connectivity index is 2.63. The molecule has 0 aliphatic rings. The predicted molar refractivity (Wildman–Crippen MR) is 48.8 cm³/mol. The highest BCUT2D eigenvalue weighted by atomic mass is 16.3. The molecule has 0 aliphatic carbocycles. The van der Waals surface area contributed by atoms with Crippen LogP contribution >= 0.6 is 0 Å². The number of aromatic amines is 1. The minimum Gasteiger partial charge on any atom is -0.394 e. The largest absolute Gasteiger partial charge is 0.394 e. The molecule has 0 fully saturated rings. The number of aliphatic hydroxyl groups excluding tert-OH is 2. The molecule has 1 amide bonds. The fraction of sp³-hybridized carbons (Fsp3) is 0.500. The molecule has 78 valence electrons. The molecule has 6 nitrogen and oxygen atoms in total. The molecule has 0 bridgehead atoms. The van der Waals surface area contributed by atoms with Crippen LogP contribution in [-0.4, -0.2) is 45.6 Å². The van der Waals surface area contributed by atoms with E-state index in [4.69, 9.17) is 10.2 Å². The van der Waals surface area contributed by atoms with E-state index in [0.29, 0.717) is 11.3 Å². The molecule has 0 saturated heterocycles. The van der Waals surface area contributed by atoms with Gasteiger partial charge in [-0.15, -0.1) is 0 Å². The van der Waals surface area contributed by atoms with Crippen molar-refractivity contribution >= 4 is 5.91 Å². The smallest absolute Gasteiger partial charge is 0.255 e. The van der Waals surface area contributed by atoms with Crippen LogP contribution in [0.15, 0.2) is 6.20 Å². The van der Waals surface area contributed by atoms with Crippen LogP contribution in [0.2, 0.25) is 0 Å². The Hall–Kier alpha value is -1.40. The lowest BCUT2D eigenvalue weighted by molar-refractivity contribution is 0.0879. The van der Waals surface area contributed by atoms with Crippen molar-refractivity contribution in [3.05, 3.63) is 17.5 Å². The van der Waals surface area contributed by atoms with Crippen molar-refractivity contribution in [2.24, 2.45) is 0 Å². The quantitative estimate of drug-likeness (QED) is 0.489. The van der Waals surface area contributed by atoms with Crippen LogP contribution in [0.25, 0.3) is 0 Å². The van der Waals surface area contributed by atoms with Crippen LogP contribution in [0.1, 0.15) is 16.1 Å². The van der Waals surface area contributed by atoms with E-state index in [2.05, 4.69) is 15.5 Å². The highest BCUT2D eigenvalue weighted by molar-refractivity contribution is 5.95. The highest BCUT2D eigenvalue weighted by Gasteiger charge is 2.14. The molecular weight excluding hydrogens is 186 g/mol. The maximum Gasteiger partial charge on any atom is 0.255 e. The van der Waals surface area contributed by atoms with Crippen LogP contribution in [0, 0.1) is 6.92 Å². The summed E-state index contributed by atoms with van der Waals surface area (Å²) in [5.74, 6) is -0.357. The first kappa shape index (κ1) is 10.7. The SMILES string of the molecule is Cc1[nH]ncc1C(=O)NC(CO)CO. The van der Waals surface area contributed by atoms with Gasteiger partial charge in [0.25, 0.3) is 5.91 Å². The normalized spacial score (nSPS) is 10.6. The number of amides is 1. The standard InChI is InChI=1S/C8H13N3O3/c1-5-7(2-9-11-5)8(14)10-6(3-12)4-13/h2,6,12-13H,3-4H2,1H3,(H,9,11)(H,10,14). The van der Waals surface area contributed by atoms with Crippen LogP contribution in [0.4, 0.5) is 0 Å². The van der Waals surface area contributed by atoms with Gasteiger partial charge in [0.2, 0.25) is 0 Å². The summed E-state index contributed by atoms with van der Waals surface area (Å²) in [6.45, 7) is 1.13. The zero-order valence-electron chi connectivity index (χ0n) is 7.82. The molecule has 0 atom stereocenters. The van der Waals surface area contributed by atoms with E-state index in [-0.39, 0.29) is 19.1 Å². The van der Waals surface area contributed by atoms with E-state index in [1.54, 1.807) is 6.92 Å². The lowest BCUT2D eigenvalue weighted by Gasteiger charge is -2.12. The number of carbonyl (C=O) groups excluding carboxylic acids is 1. The fourth-order valence-electron chi connectivity index (χ4n) is 0.992. The number of hydrogen-bond acceptors (Lipinski definition) is 4. The Labute approximate surface area is 81.0 Å². The summed E-state index contributed by atoms with van der Waals surface area (Å²) >= 11 is 0. The minimum atomic E-state index is -0.628. The number of nitrogens with zero attached hydrogens (tertiary/aromatic N) is 1. The van der Waals surface area contributed by atoms with Gasteiger partial charge in [0, 0.05) is 5.69 Å². The first-order chi connectivity index (χ1) is 6.69. The first-order valence-corrected chi connectivity index (χ1v) is 4.21. The monoisotopic (exact) mass is 199 g/mol. The van der Waals surface area contributed by atoms with Gasteiger partial charge in [-0.05, 0) is 6.92 Å². The number of nitrogens with one attached hydrogen (secondary N) is 2. The van der Waals surface area contributed by atoms with E-state index >= 15 is 0 Å².